The first kappa shape index (κ1) is 41.1. The van der Waals surface area contributed by atoms with E-state index >= 15 is 0 Å². The molecule has 0 fully saturated rings. The van der Waals surface area contributed by atoms with Crippen LogP contribution < -0.4 is 16.0 Å². The number of amides is 2. The number of urea groups is 1. The van der Waals surface area contributed by atoms with Gasteiger partial charge in [-0.1, -0.05) is 6.07 Å². The first-order valence-corrected chi connectivity index (χ1v) is 20.0. The van der Waals surface area contributed by atoms with Crippen LogP contribution in [0.2, 0.25) is 0 Å². The number of carbonyl (C=O) groups is 1. The number of nitrogens with one attached hydrogen (secondary N) is 1. The Bertz CT molecular complexity index is 2240. The highest BCUT2D eigenvalue weighted by atomic mass is 32.3. The van der Waals surface area contributed by atoms with Gasteiger partial charge in [0.1, 0.15) is 22.1 Å². The summed E-state index contributed by atoms with van der Waals surface area (Å²) in [5.41, 5.74) is 5.21. The Morgan fingerprint density at radius 2 is 1.61 bits per heavy atom. The standard InChI is InChI=1S/C25H31FN8O13S4/c1-34(9-12-49(38,39)45-2)25-30-22(29-23(26)31-25)14-16-5-7-18(20(13-16)28-24(27)35)32-33-19-8-6-17(15-21(19)50(40,41)46-3)48(36,37)11-4-10-47-51(42,43)44/h5-8,13,15H,4,9-12,14H2,1-3H3,(H3,27,28,35)(H,42,43,44). The molecule has 1 aromatic heterocycles. The van der Waals surface area contributed by atoms with Gasteiger partial charge >= 0.3 is 22.5 Å². The molecule has 0 atom stereocenters. The molecule has 4 N–H and O–H groups in total. The van der Waals surface area contributed by atoms with Gasteiger partial charge in [-0.2, -0.15) is 44.6 Å². The van der Waals surface area contributed by atoms with E-state index in [0.29, 0.717) is 5.56 Å². The van der Waals surface area contributed by atoms with E-state index in [9.17, 15) is 42.9 Å². The van der Waals surface area contributed by atoms with Crippen LogP contribution in [0.1, 0.15) is 17.8 Å². The van der Waals surface area contributed by atoms with Crippen LogP contribution in [-0.4, -0.2) is 105 Å². The third-order valence-electron chi connectivity index (χ3n) is 6.43. The second-order valence-electron chi connectivity index (χ2n) is 10.1. The van der Waals surface area contributed by atoms with E-state index in [0.717, 1.165) is 32.4 Å². The smallest absolute Gasteiger partial charge is 0.351 e. The molecule has 0 aliphatic heterocycles. The number of azo groups is 1. The van der Waals surface area contributed by atoms with Gasteiger partial charge in [-0.05, 0) is 42.3 Å². The molecule has 0 bridgehead atoms. The van der Waals surface area contributed by atoms with Crippen LogP contribution in [0.3, 0.4) is 0 Å². The summed E-state index contributed by atoms with van der Waals surface area (Å²) < 4.78 is 132. The Hall–Kier alpha value is -4.31. The third kappa shape index (κ3) is 12.5. The number of aromatic nitrogens is 3. The van der Waals surface area contributed by atoms with Gasteiger partial charge in [0.25, 0.3) is 20.2 Å². The Balaban J connectivity index is 1.93. The summed E-state index contributed by atoms with van der Waals surface area (Å²) >= 11 is 0. The number of carbonyl (C=O) groups excluding carboxylic acids is 1. The molecule has 1 heterocycles. The fourth-order valence-electron chi connectivity index (χ4n) is 3.96. The molecule has 0 unspecified atom stereocenters. The summed E-state index contributed by atoms with van der Waals surface area (Å²) in [6.45, 7) is -0.797. The molecule has 21 nitrogen and oxygen atoms in total. The number of primary amides is 1. The van der Waals surface area contributed by atoms with Crippen molar-refractivity contribution in [2.24, 2.45) is 16.0 Å². The lowest BCUT2D eigenvalue weighted by Gasteiger charge is -2.17. The number of benzene rings is 2. The monoisotopic (exact) mass is 798 g/mol. The highest BCUT2D eigenvalue weighted by Gasteiger charge is 2.24. The quantitative estimate of drug-likeness (QED) is 0.0705. The summed E-state index contributed by atoms with van der Waals surface area (Å²) in [6, 6.07) is 5.93. The van der Waals surface area contributed by atoms with Gasteiger partial charge in [-0.15, -0.1) is 10.2 Å². The molecule has 26 heteroatoms. The molecule has 280 valence electrons. The van der Waals surface area contributed by atoms with Crippen LogP contribution in [-0.2, 0) is 59.4 Å². The van der Waals surface area contributed by atoms with Gasteiger partial charge in [-0.25, -0.2) is 17.4 Å². The van der Waals surface area contributed by atoms with Crippen molar-refractivity contribution >= 4 is 69.5 Å². The maximum absolute atomic E-state index is 14.3. The Morgan fingerprint density at radius 3 is 2.24 bits per heavy atom. The van der Waals surface area contributed by atoms with Crippen molar-refractivity contribution in [1.29, 1.82) is 0 Å². The molecule has 3 aromatic rings. The summed E-state index contributed by atoms with van der Waals surface area (Å²) in [5, 5.41) is 10.2. The van der Waals surface area contributed by atoms with Crippen molar-refractivity contribution in [2.45, 2.75) is 22.6 Å². The second-order valence-corrected chi connectivity index (χ2v) is 16.8. The van der Waals surface area contributed by atoms with E-state index in [2.05, 4.69) is 43.0 Å². The normalized spacial score (nSPS) is 12.6. The predicted octanol–water partition coefficient (Wildman–Crippen LogP) is 1.24. The van der Waals surface area contributed by atoms with Crippen molar-refractivity contribution in [3.05, 3.63) is 53.9 Å². The molecule has 0 saturated heterocycles. The Kier molecular flexibility index (Phi) is 13.5. The Morgan fingerprint density at radius 1 is 0.941 bits per heavy atom. The van der Waals surface area contributed by atoms with E-state index < -0.39 is 80.5 Å². The maximum atomic E-state index is 14.3. The molecule has 2 aromatic carbocycles. The summed E-state index contributed by atoms with van der Waals surface area (Å²) in [6.07, 6.45) is -1.65. The molecular weight excluding hydrogens is 768 g/mol. The zero-order valence-corrected chi connectivity index (χ0v) is 30.1. The highest BCUT2D eigenvalue weighted by Crippen LogP contribution is 2.33. The largest absolute Gasteiger partial charge is 0.397 e. The van der Waals surface area contributed by atoms with Crippen LogP contribution in [0.25, 0.3) is 0 Å². The number of nitrogens with zero attached hydrogens (tertiary/aromatic N) is 6. The number of hydrogen-bond donors (Lipinski definition) is 3. The Labute approximate surface area is 292 Å². The van der Waals surface area contributed by atoms with Gasteiger partial charge in [0, 0.05) is 20.0 Å². The highest BCUT2D eigenvalue weighted by molar-refractivity contribution is 7.91. The number of nitrogens with two attached hydrogens (primary N) is 1. The van der Waals surface area contributed by atoms with Crippen LogP contribution >= 0.6 is 0 Å². The summed E-state index contributed by atoms with van der Waals surface area (Å²) in [5.74, 6) is -1.36. The number of sulfone groups is 1. The van der Waals surface area contributed by atoms with E-state index in [1.165, 1.54) is 30.1 Å². The molecule has 0 radical (unpaired) electrons. The van der Waals surface area contributed by atoms with Crippen molar-refractivity contribution < 1.29 is 60.0 Å². The van der Waals surface area contributed by atoms with Gasteiger partial charge in [0.2, 0.25) is 5.95 Å². The van der Waals surface area contributed by atoms with Crippen molar-refractivity contribution in [3.8, 4) is 0 Å². The molecular formula is C25H31FN8O13S4. The maximum Gasteiger partial charge on any atom is 0.397 e. The average molecular weight is 799 g/mol. The summed E-state index contributed by atoms with van der Waals surface area (Å²) in [7, 11) is -14.1. The van der Waals surface area contributed by atoms with Crippen LogP contribution in [0, 0.1) is 6.08 Å². The lowest BCUT2D eigenvalue weighted by atomic mass is 10.1. The van der Waals surface area contributed by atoms with Crippen molar-refractivity contribution in [1.82, 2.24) is 15.0 Å². The average Bonchev–Trinajstić information content (AvgIpc) is 3.04. The summed E-state index contributed by atoms with van der Waals surface area (Å²) in [4.78, 5) is 23.3. The zero-order chi connectivity index (χ0) is 38.2. The van der Waals surface area contributed by atoms with Crippen LogP contribution in [0.4, 0.5) is 32.2 Å². The van der Waals surface area contributed by atoms with E-state index in [4.69, 9.17) is 10.3 Å². The minimum absolute atomic E-state index is 0.0390. The SMILES string of the molecule is COS(=O)(=O)CCN(C)c1nc(F)nc(Cc2ccc(N=Nc3ccc(S(=O)(=O)CCCOS(=O)(=O)O)cc3S(=O)(=O)OC)c(NC(N)=O)c2)n1. The number of anilines is 2. The zero-order valence-electron chi connectivity index (χ0n) is 26.8. The molecule has 0 aliphatic rings. The molecule has 3 rings (SSSR count). The molecule has 0 aliphatic carbocycles. The van der Waals surface area contributed by atoms with Crippen LogP contribution in [0.15, 0.2) is 56.4 Å². The lowest BCUT2D eigenvalue weighted by Crippen LogP contribution is -2.28. The van der Waals surface area contributed by atoms with Crippen LogP contribution in [0.5, 0.6) is 0 Å². The van der Waals surface area contributed by atoms with Gasteiger partial charge in [0.15, 0.2) is 9.84 Å². The van der Waals surface area contributed by atoms with Gasteiger partial charge < -0.3 is 16.0 Å². The molecule has 2 amide bonds. The molecule has 51 heavy (non-hydrogen) atoms. The van der Waals surface area contributed by atoms with Crippen molar-refractivity contribution in [2.75, 3.05) is 56.1 Å². The fourth-order valence-corrected chi connectivity index (χ4v) is 7.15. The minimum Gasteiger partial charge on any atom is -0.351 e. The van der Waals surface area contributed by atoms with E-state index in [1.54, 1.807) is 0 Å². The fraction of sp³-hybridized carbons (Fsp3) is 0.360. The molecule has 0 saturated carbocycles. The second kappa shape index (κ2) is 16.8. The molecule has 0 spiro atoms. The van der Waals surface area contributed by atoms with Gasteiger partial charge in [0.05, 0.1) is 42.9 Å². The first-order chi connectivity index (χ1) is 23.6. The number of rotatable bonds is 18. The third-order valence-corrected chi connectivity index (χ3v) is 11.2. The topological polar surface area (TPSA) is 306 Å². The number of hydrogen-bond acceptors (Lipinski definition) is 18. The van der Waals surface area contributed by atoms with Gasteiger partial charge in [-0.3, -0.25) is 12.9 Å². The van der Waals surface area contributed by atoms with Crippen molar-refractivity contribution in [3.63, 3.8) is 0 Å². The number of halogens is 1. The minimum atomic E-state index is -4.80. The van der Waals surface area contributed by atoms with E-state index in [1.807, 2.05) is 0 Å². The first-order valence-electron chi connectivity index (χ1n) is 13.9. The van der Waals surface area contributed by atoms with E-state index in [-0.39, 0.29) is 48.2 Å². The lowest BCUT2D eigenvalue weighted by molar-refractivity contribution is 0.259. The predicted molar refractivity (Wildman–Crippen MR) is 175 cm³/mol.